The summed E-state index contributed by atoms with van der Waals surface area (Å²) in [6, 6.07) is 0. The molecule has 0 aliphatic carbocycles. The lowest BCUT2D eigenvalue weighted by molar-refractivity contribution is 0.0500. The van der Waals surface area contributed by atoms with Crippen molar-refractivity contribution in [1.82, 2.24) is 5.43 Å². The topological polar surface area (TPSA) is 69.3 Å². The van der Waals surface area contributed by atoms with Crippen LogP contribution in [0.5, 0.6) is 0 Å². The molecular weight excluding hydrogens is 264 g/mol. The molecule has 5 nitrogen and oxygen atoms in total. The molecule has 0 heterocycles. The molecular formula is C16H36N4O. The van der Waals surface area contributed by atoms with Crippen molar-refractivity contribution in [2.24, 2.45) is 15.3 Å². The van der Waals surface area contributed by atoms with Gasteiger partial charge in [0.05, 0.1) is 0 Å². The van der Waals surface area contributed by atoms with Crippen LogP contribution in [0, 0.1) is 0 Å². The Hall–Kier alpha value is -0.970. The fraction of sp³-hybridized carbons (Fsp3) is 0.938. The van der Waals surface area contributed by atoms with Crippen molar-refractivity contribution in [2.45, 2.75) is 84.8 Å². The number of unbranched alkanes of at least 4 members (excludes halogenated alkanes) is 4. The molecule has 0 aliphatic rings. The van der Waals surface area contributed by atoms with Gasteiger partial charge in [0.25, 0.3) is 0 Å². The minimum atomic E-state index is -0.941. The zero-order valence-electron chi connectivity index (χ0n) is 14.9. The number of hydrazone groups is 1. The second-order valence-corrected chi connectivity index (χ2v) is 5.50. The van der Waals surface area contributed by atoms with Gasteiger partial charge >= 0.3 is 0 Å². The molecule has 1 unspecified atom stereocenters. The fourth-order valence-electron chi connectivity index (χ4n) is 1.85. The van der Waals surface area contributed by atoms with Gasteiger partial charge in [-0.25, -0.2) is 0 Å². The van der Waals surface area contributed by atoms with E-state index in [1.807, 2.05) is 7.05 Å². The van der Waals surface area contributed by atoms with Gasteiger partial charge in [0.1, 0.15) is 0 Å². The lowest BCUT2D eigenvalue weighted by Gasteiger charge is -2.15. The van der Waals surface area contributed by atoms with Crippen LogP contribution in [0.3, 0.4) is 0 Å². The van der Waals surface area contributed by atoms with Crippen LogP contribution in [0.25, 0.3) is 0 Å². The van der Waals surface area contributed by atoms with Crippen LogP contribution in [0.4, 0.5) is 0 Å². The van der Waals surface area contributed by atoms with Crippen molar-refractivity contribution in [3.8, 4) is 0 Å². The fourth-order valence-corrected chi connectivity index (χ4v) is 1.85. The van der Waals surface area contributed by atoms with Crippen LogP contribution in [0.2, 0.25) is 0 Å². The van der Waals surface area contributed by atoms with E-state index in [1.54, 1.807) is 14.0 Å². The van der Waals surface area contributed by atoms with Crippen molar-refractivity contribution >= 4 is 5.71 Å². The molecule has 0 aromatic carbocycles. The quantitative estimate of drug-likeness (QED) is 0.269. The average molecular weight is 300 g/mol. The summed E-state index contributed by atoms with van der Waals surface area (Å²) in [4.78, 5) is 0. The Kier molecular flexibility index (Phi) is 16.4. The van der Waals surface area contributed by atoms with Gasteiger partial charge in [0, 0.05) is 19.8 Å². The molecule has 21 heavy (non-hydrogen) atoms. The lowest BCUT2D eigenvalue weighted by atomic mass is 10.1. The van der Waals surface area contributed by atoms with E-state index < -0.39 is 5.72 Å². The second kappa shape index (κ2) is 15.4. The molecule has 0 aromatic rings. The molecule has 0 amide bonds. The number of azo groups is 1. The van der Waals surface area contributed by atoms with E-state index in [4.69, 9.17) is 0 Å². The molecule has 0 saturated carbocycles. The van der Waals surface area contributed by atoms with Gasteiger partial charge in [-0.05, 0) is 39.5 Å². The molecule has 0 radical (unpaired) electrons. The summed E-state index contributed by atoms with van der Waals surface area (Å²) in [5.74, 6) is 0. The molecule has 0 bridgehead atoms. The van der Waals surface area contributed by atoms with Crippen LogP contribution >= 0.6 is 0 Å². The van der Waals surface area contributed by atoms with E-state index in [-0.39, 0.29) is 0 Å². The van der Waals surface area contributed by atoms with Crippen molar-refractivity contribution in [2.75, 3.05) is 14.1 Å². The molecule has 0 aliphatic heterocycles. The third kappa shape index (κ3) is 19.0. The van der Waals surface area contributed by atoms with Gasteiger partial charge in [-0.15, -0.1) is 0 Å². The Bertz CT molecular complexity index is 275. The normalized spacial score (nSPS) is 14.5. The highest BCUT2D eigenvalue weighted by molar-refractivity contribution is 5.81. The molecule has 0 spiro atoms. The lowest BCUT2D eigenvalue weighted by Crippen LogP contribution is -2.19. The van der Waals surface area contributed by atoms with Gasteiger partial charge in [0.2, 0.25) is 0 Å². The predicted octanol–water partition coefficient (Wildman–Crippen LogP) is 4.52. The first-order valence-corrected chi connectivity index (χ1v) is 8.16. The van der Waals surface area contributed by atoms with Gasteiger partial charge in [-0.3, -0.25) is 0 Å². The smallest absolute Gasteiger partial charge is 0.173 e. The number of hydrogen-bond acceptors (Lipinski definition) is 5. The van der Waals surface area contributed by atoms with Crippen LogP contribution < -0.4 is 5.43 Å². The van der Waals surface area contributed by atoms with Gasteiger partial charge in [-0.1, -0.05) is 39.5 Å². The maximum absolute atomic E-state index is 9.48. The summed E-state index contributed by atoms with van der Waals surface area (Å²) < 4.78 is 0. The van der Waals surface area contributed by atoms with E-state index in [0.29, 0.717) is 6.42 Å². The van der Waals surface area contributed by atoms with Crippen molar-refractivity contribution in [1.29, 1.82) is 0 Å². The maximum atomic E-state index is 9.48. The summed E-state index contributed by atoms with van der Waals surface area (Å²) in [6.07, 6.45) is 9.04. The summed E-state index contributed by atoms with van der Waals surface area (Å²) in [5, 5.41) is 20.8. The van der Waals surface area contributed by atoms with Gasteiger partial charge in [-0.2, -0.15) is 15.3 Å². The maximum Gasteiger partial charge on any atom is 0.173 e. The van der Waals surface area contributed by atoms with E-state index in [2.05, 4.69) is 41.5 Å². The van der Waals surface area contributed by atoms with E-state index in [9.17, 15) is 5.11 Å². The van der Waals surface area contributed by atoms with Crippen molar-refractivity contribution in [3.05, 3.63) is 0 Å². The Balaban J connectivity index is 0. The monoisotopic (exact) mass is 300 g/mol. The SMILES string of the molecule is CCCCC/C(C)=N/NC.CCCCCC(C)(O)/N=N/C. The molecule has 5 heteroatoms. The Morgan fingerprint density at radius 1 is 1.10 bits per heavy atom. The average Bonchev–Trinajstić information content (AvgIpc) is 2.40. The largest absolute Gasteiger partial charge is 0.368 e. The minimum Gasteiger partial charge on any atom is -0.368 e. The Labute approximate surface area is 131 Å². The molecule has 0 saturated heterocycles. The van der Waals surface area contributed by atoms with E-state index in [1.165, 1.54) is 31.4 Å². The van der Waals surface area contributed by atoms with Gasteiger partial charge in [0.15, 0.2) is 5.72 Å². The number of hydrogen-bond donors (Lipinski definition) is 2. The first-order chi connectivity index (χ1) is 9.93. The van der Waals surface area contributed by atoms with Crippen LogP contribution in [0.15, 0.2) is 15.3 Å². The highest BCUT2D eigenvalue weighted by Gasteiger charge is 2.17. The van der Waals surface area contributed by atoms with Crippen LogP contribution in [-0.2, 0) is 0 Å². The summed E-state index contributed by atoms with van der Waals surface area (Å²) in [6.45, 7) is 8.10. The molecule has 1 atom stereocenters. The third-order valence-electron chi connectivity index (χ3n) is 3.01. The summed E-state index contributed by atoms with van der Waals surface area (Å²) in [5.41, 5.74) is 3.05. The van der Waals surface area contributed by atoms with Crippen LogP contribution in [0.1, 0.15) is 79.1 Å². The number of nitrogens with one attached hydrogen (secondary N) is 1. The zero-order valence-corrected chi connectivity index (χ0v) is 14.9. The van der Waals surface area contributed by atoms with Crippen molar-refractivity contribution in [3.63, 3.8) is 0 Å². The Morgan fingerprint density at radius 3 is 2.14 bits per heavy atom. The van der Waals surface area contributed by atoms with Gasteiger partial charge < -0.3 is 10.5 Å². The molecule has 2 N–H and O–H groups in total. The van der Waals surface area contributed by atoms with E-state index in [0.717, 1.165) is 19.3 Å². The first-order valence-electron chi connectivity index (χ1n) is 8.16. The molecule has 126 valence electrons. The number of nitrogens with zero attached hydrogens (tertiary/aromatic N) is 3. The highest BCUT2D eigenvalue weighted by atomic mass is 16.3. The number of rotatable bonds is 10. The van der Waals surface area contributed by atoms with E-state index >= 15 is 0 Å². The standard InChI is InChI=1S/C8H18N2O.C8H18N2/c1-4-5-6-7-8(2,11)10-9-3;1-4-5-6-7-8(2)10-9-3/h11H,4-7H2,1-3H3;9H,4-7H2,1-3H3/b10-9+;10-8+. The number of aliphatic hydroxyl groups is 1. The molecule has 0 aromatic heterocycles. The molecule has 0 fully saturated rings. The predicted molar refractivity (Wildman–Crippen MR) is 91.9 cm³/mol. The minimum absolute atomic E-state index is 0.707. The van der Waals surface area contributed by atoms with Crippen molar-refractivity contribution < 1.29 is 5.11 Å². The zero-order chi connectivity index (χ0) is 16.6. The summed E-state index contributed by atoms with van der Waals surface area (Å²) >= 11 is 0. The highest BCUT2D eigenvalue weighted by Crippen LogP contribution is 2.15. The Morgan fingerprint density at radius 2 is 1.67 bits per heavy atom. The first kappa shape index (κ1) is 22.3. The van der Waals surface area contributed by atoms with Crippen LogP contribution in [-0.4, -0.2) is 30.6 Å². The third-order valence-corrected chi connectivity index (χ3v) is 3.01. The molecule has 0 rings (SSSR count). The summed E-state index contributed by atoms with van der Waals surface area (Å²) in [7, 11) is 3.41. The second-order valence-electron chi connectivity index (χ2n) is 5.50.